The first-order valence-corrected chi connectivity index (χ1v) is 9.11. The topological polar surface area (TPSA) is 50.2 Å². The van der Waals surface area contributed by atoms with Crippen LogP contribution in [0.5, 0.6) is 0 Å². The van der Waals surface area contributed by atoms with Crippen molar-refractivity contribution in [3.8, 4) is 0 Å². The van der Waals surface area contributed by atoms with E-state index in [2.05, 4.69) is 15.3 Å². The Labute approximate surface area is 155 Å². The van der Waals surface area contributed by atoms with Crippen molar-refractivity contribution in [3.05, 3.63) is 53.1 Å². The lowest BCUT2D eigenvalue weighted by Crippen LogP contribution is -2.31. The van der Waals surface area contributed by atoms with E-state index in [1.54, 1.807) is 12.1 Å². The van der Waals surface area contributed by atoms with Gasteiger partial charge in [0.25, 0.3) is 0 Å². The molecule has 0 fully saturated rings. The fraction of sp³-hybridized carbons (Fsp3) is 0.500. The molecule has 1 unspecified atom stereocenters. The lowest BCUT2D eigenvalue weighted by atomic mass is 10.0. The number of nitrogens with one attached hydrogen (secondary N) is 1. The van der Waals surface area contributed by atoms with Gasteiger partial charge in [-0.1, -0.05) is 12.1 Å². The molecule has 1 amide bonds. The van der Waals surface area contributed by atoms with E-state index >= 15 is 0 Å². The van der Waals surface area contributed by atoms with Crippen LogP contribution in [-0.4, -0.2) is 41.2 Å². The molecule has 26 heavy (non-hydrogen) atoms. The molecule has 0 aliphatic carbocycles. The van der Waals surface area contributed by atoms with E-state index in [1.807, 2.05) is 38.8 Å². The Bertz CT molecular complexity index is 709. The lowest BCUT2D eigenvalue weighted by Gasteiger charge is -2.21. The molecule has 0 spiro atoms. The number of hydrogen-bond donors (Lipinski definition) is 1. The van der Waals surface area contributed by atoms with Gasteiger partial charge in [0.15, 0.2) is 0 Å². The van der Waals surface area contributed by atoms with Gasteiger partial charge >= 0.3 is 0 Å². The summed E-state index contributed by atoms with van der Waals surface area (Å²) < 4.78 is 15.1. The van der Waals surface area contributed by atoms with E-state index < -0.39 is 0 Å². The number of rotatable bonds is 9. The smallest absolute Gasteiger partial charge is 0.220 e. The quantitative estimate of drug-likeness (QED) is 0.748. The number of nitrogens with zero attached hydrogens (tertiary/aromatic N) is 3. The van der Waals surface area contributed by atoms with Gasteiger partial charge in [-0.15, -0.1) is 0 Å². The van der Waals surface area contributed by atoms with Crippen LogP contribution in [0, 0.1) is 12.7 Å². The van der Waals surface area contributed by atoms with Crippen molar-refractivity contribution >= 4 is 5.91 Å². The van der Waals surface area contributed by atoms with Crippen LogP contribution in [0.4, 0.5) is 4.39 Å². The molecule has 2 rings (SSSR count). The highest BCUT2D eigenvalue weighted by Crippen LogP contribution is 2.18. The highest BCUT2D eigenvalue weighted by atomic mass is 19.1. The first kappa shape index (κ1) is 20.1. The van der Waals surface area contributed by atoms with Gasteiger partial charge in [-0.05, 0) is 70.6 Å². The minimum atomic E-state index is -0.269. The van der Waals surface area contributed by atoms with Crippen molar-refractivity contribution in [2.24, 2.45) is 0 Å². The van der Waals surface area contributed by atoms with Crippen LogP contribution in [0.2, 0.25) is 0 Å². The number of aryl methyl sites for hydroxylation is 3. The Morgan fingerprint density at radius 2 is 2.00 bits per heavy atom. The Balaban J connectivity index is 1.98. The van der Waals surface area contributed by atoms with Gasteiger partial charge in [0.1, 0.15) is 5.82 Å². The maximum Gasteiger partial charge on any atom is 0.220 e. The fourth-order valence-electron chi connectivity index (χ4n) is 2.89. The SMILES string of the molecule is CCn1cc(CCC(=O)NC(CCN(C)C)c2ccc(F)cc2)c(C)n1. The van der Waals surface area contributed by atoms with Gasteiger partial charge in [0, 0.05) is 19.2 Å². The third-order valence-corrected chi connectivity index (χ3v) is 4.47. The van der Waals surface area contributed by atoms with E-state index in [-0.39, 0.29) is 17.8 Å². The summed E-state index contributed by atoms with van der Waals surface area (Å²) in [6, 6.07) is 6.24. The van der Waals surface area contributed by atoms with Crippen molar-refractivity contribution in [1.82, 2.24) is 20.0 Å². The standard InChI is InChI=1S/C20H29FN4O/c1-5-25-14-17(15(2)23-25)8-11-20(26)22-19(12-13-24(3)4)16-6-9-18(21)10-7-16/h6-7,9-10,14,19H,5,8,11-13H2,1-4H3,(H,22,26). The Hall–Kier alpha value is -2.21. The molecule has 1 heterocycles. The maximum atomic E-state index is 13.2. The average molecular weight is 360 g/mol. The zero-order valence-corrected chi connectivity index (χ0v) is 16.1. The van der Waals surface area contributed by atoms with E-state index in [0.717, 1.165) is 36.3 Å². The molecule has 5 nitrogen and oxygen atoms in total. The zero-order valence-electron chi connectivity index (χ0n) is 16.1. The molecule has 6 heteroatoms. The summed E-state index contributed by atoms with van der Waals surface area (Å²) in [4.78, 5) is 14.5. The highest BCUT2D eigenvalue weighted by Gasteiger charge is 2.16. The van der Waals surface area contributed by atoms with Crippen LogP contribution >= 0.6 is 0 Å². The molecule has 0 bridgehead atoms. The Kier molecular flexibility index (Phi) is 7.33. The molecule has 0 saturated heterocycles. The van der Waals surface area contributed by atoms with Gasteiger partial charge in [-0.25, -0.2) is 4.39 Å². The summed E-state index contributed by atoms with van der Waals surface area (Å²) in [5, 5.41) is 7.52. The minimum Gasteiger partial charge on any atom is -0.349 e. The minimum absolute atomic E-state index is 0.00160. The van der Waals surface area contributed by atoms with E-state index in [9.17, 15) is 9.18 Å². The third kappa shape index (κ3) is 5.95. The van der Waals surface area contributed by atoms with E-state index in [1.165, 1.54) is 12.1 Å². The molecule has 1 aromatic carbocycles. The van der Waals surface area contributed by atoms with Crippen LogP contribution in [0.1, 0.15) is 42.6 Å². The second kappa shape index (κ2) is 9.48. The van der Waals surface area contributed by atoms with Crippen molar-refractivity contribution in [3.63, 3.8) is 0 Å². The third-order valence-electron chi connectivity index (χ3n) is 4.47. The molecule has 142 valence electrons. The molecular formula is C20H29FN4O. The second-order valence-corrected chi connectivity index (χ2v) is 6.86. The predicted molar refractivity (Wildman–Crippen MR) is 101 cm³/mol. The first-order valence-electron chi connectivity index (χ1n) is 9.11. The van der Waals surface area contributed by atoms with Gasteiger partial charge in [-0.2, -0.15) is 5.10 Å². The van der Waals surface area contributed by atoms with Crippen molar-refractivity contribution in [2.75, 3.05) is 20.6 Å². The van der Waals surface area contributed by atoms with Crippen LogP contribution in [0.3, 0.4) is 0 Å². The molecular weight excluding hydrogens is 331 g/mol. The maximum absolute atomic E-state index is 13.2. The molecule has 1 N–H and O–H groups in total. The average Bonchev–Trinajstić information content (AvgIpc) is 2.97. The number of carbonyl (C=O) groups excluding carboxylic acids is 1. The molecule has 1 aromatic heterocycles. The largest absolute Gasteiger partial charge is 0.349 e. The number of hydrogen-bond acceptors (Lipinski definition) is 3. The van der Waals surface area contributed by atoms with Crippen molar-refractivity contribution in [2.45, 2.75) is 45.7 Å². The van der Waals surface area contributed by atoms with Gasteiger partial charge in [0.2, 0.25) is 5.91 Å². The van der Waals surface area contributed by atoms with Gasteiger partial charge in [0.05, 0.1) is 11.7 Å². The highest BCUT2D eigenvalue weighted by molar-refractivity contribution is 5.76. The summed E-state index contributed by atoms with van der Waals surface area (Å²) >= 11 is 0. The second-order valence-electron chi connectivity index (χ2n) is 6.86. The fourth-order valence-corrected chi connectivity index (χ4v) is 2.89. The van der Waals surface area contributed by atoms with E-state index in [4.69, 9.17) is 0 Å². The number of benzene rings is 1. The normalized spacial score (nSPS) is 12.4. The number of halogens is 1. The van der Waals surface area contributed by atoms with Crippen LogP contribution in [0.25, 0.3) is 0 Å². The number of carbonyl (C=O) groups is 1. The lowest BCUT2D eigenvalue weighted by molar-refractivity contribution is -0.121. The molecule has 2 aromatic rings. The summed E-state index contributed by atoms with van der Waals surface area (Å²) in [6.45, 7) is 5.67. The summed E-state index contributed by atoms with van der Waals surface area (Å²) in [6.07, 6.45) is 3.86. The monoisotopic (exact) mass is 360 g/mol. The first-order chi connectivity index (χ1) is 12.4. The number of aromatic nitrogens is 2. The van der Waals surface area contributed by atoms with Crippen molar-refractivity contribution in [1.29, 1.82) is 0 Å². The Morgan fingerprint density at radius 1 is 1.31 bits per heavy atom. The molecule has 1 atom stereocenters. The predicted octanol–water partition coefficient (Wildman–Crippen LogP) is 3.09. The van der Waals surface area contributed by atoms with Gasteiger partial charge in [-0.3, -0.25) is 9.48 Å². The molecule has 0 aliphatic rings. The molecule has 0 aliphatic heterocycles. The van der Waals surface area contributed by atoms with Crippen molar-refractivity contribution < 1.29 is 9.18 Å². The molecule has 0 radical (unpaired) electrons. The summed E-state index contributed by atoms with van der Waals surface area (Å²) in [7, 11) is 4.00. The Morgan fingerprint density at radius 3 is 2.58 bits per heavy atom. The zero-order chi connectivity index (χ0) is 19.1. The summed E-state index contributed by atoms with van der Waals surface area (Å²) in [5.41, 5.74) is 3.01. The van der Waals surface area contributed by atoms with Crippen LogP contribution in [0.15, 0.2) is 30.5 Å². The van der Waals surface area contributed by atoms with E-state index in [0.29, 0.717) is 12.8 Å². The summed E-state index contributed by atoms with van der Waals surface area (Å²) in [5.74, 6) is -0.267. The number of amides is 1. The van der Waals surface area contributed by atoms with Crippen LogP contribution < -0.4 is 5.32 Å². The molecule has 0 saturated carbocycles. The van der Waals surface area contributed by atoms with Crippen LogP contribution in [-0.2, 0) is 17.8 Å². The van der Waals surface area contributed by atoms with Gasteiger partial charge < -0.3 is 10.2 Å².